The van der Waals surface area contributed by atoms with Crippen LogP contribution in [0.3, 0.4) is 0 Å². The molecule has 0 aliphatic carbocycles. The van der Waals surface area contributed by atoms with Gasteiger partial charge in [-0.3, -0.25) is 4.57 Å². The molecule has 2 aromatic carbocycles. The van der Waals surface area contributed by atoms with Gasteiger partial charge in [-0.1, -0.05) is 42.5 Å². The normalized spacial score (nSPS) is 13.6. The van der Waals surface area contributed by atoms with Crippen molar-refractivity contribution in [3.05, 3.63) is 66.0 Å². The largest absolute Gasteiger partial charge is 0.445 e. The first-order valence-electron chi connectivity index (χ1n) is 12.1. The van der Waals surface area contributed by atoms with Crippen LogP contribution >= 0.6 is 0 Å². The van der Waals surface area contributed by atoms with Crippen LogP contribution in [0, 0.1) is 0 Å². The van der Waals surface area contributed by atoms with Crippen molar-refractivity contribution < 1.29 is 23.0 Å². The quantitative estimate of drug-likeness (QED) is 0.318. The van der Waals surface area contributed by atoms with E-state index in [2.05, 4.69) is 30.6 Å². The van der Waals surface area contributed by atoms with Crippen molar-refractivity contribution in [3.63, 3.8) is 0 Å². The Kier molecular flexibility index (Phi) is 7.83. The van der Waals surface area contributed by atoms with Crippen molar-refractivity contribution in [1.82, 2.24) is 29.8 Å². The van der Waals surface area contributed by atoms with Gasteiger partial charge in [0.2, 0.25) is 17.8 Å². The minimum absolute atomic E-state index is 0.0169. The molecule has 2 aromatic heterocycles. The van der Waals surface area contributed by atoms with Crippen LogP contribution in [0.5, 0.6) is 0 Å². The first kappa shape index (κ1) is 25.3. The fraction of sp³-hybridized carbons (Fsp3) is 0.320. The first-order chi connectivity index (χ1) is 18.6. The second kappa shape index (κ2) is 11.8. The summed E-state index contributed by atoms with van der Waals surface area (Å²) in [5.41, 5.74) is 1.74. The van der Waals surface area contributed by atoms with E-state index in [0.717, 1.165) is 5.56 Å². The molecule has 4 aromatic rings. The Morgan fingerprint density at radius 2 is 1.68 bits per heavy atom. The van der Waals surface area contributed by atoms with Crippen LogP contribution in [0.1, 0.15) is 17.8 Å². The van der Waals surface area contributed by atoms with Gasteiger partial charge >= 0.3 is 6.09 Å². The molecule has 1 saturated heterocycles. The van der Waals surface area contributed by atoms with Gasteiger partial charge in [-0.05, 0) is 17.7 Å². The lowest BCUT2D eigenvalue weighted by Gasteiger charge is -2.27. The molecule has 0 bridgehead atoms. The molecule has 198 valence electrons. The smallest absolute Gasteiger partial charge is 0.407 e. The van der Waals surface area contributed by atoms with Crippen molar-refractivity contribution >= 4 is 29.0 Å². The molecule has 0 atom stereocenters. The van der Waals surface area contributed by atoms with Gasteiger partial charge in [-0.25, -0.2) is 18.6 Å². The van der Waals surface area contributed by atoms with Gasteiger partial charge in [0.15, 0.2) is 5.82 Å². The van der Waals surface area contributed by atoms with E-state index in [1.807, 2.05) is 35.2 Å². The number of aromatic nitrogens is 5. The predicted molar refractivity (Wildman–Crippen MR) is 136 cm³/mol. The fourth-order valence-electron chi connectivity index (χ4n) is 3.95. The number of morpholine rings is 1. The summed E-state index contributed by atoms with van der Waals surface area (Å²) in [6.45, 7) is 2.72. The molecule has 3 heterocycles. The van der Waals surface area contributed by atoms with E-state index < -0.39 is 18.3 Å². The summed E-state index contributed by atoms with van der Waals surface area (Å²) >= 11 is 0. The molecular formula is C25H26F2N8O3. The Balaban J connectivity index is 1.33. The van der Waals surface area contributed by atoms with Crippen LogP contribution in [0.4, 0.5) is 25.5 Å². The van der Waals surface area contributed by atoms with Gasteiger partial charge in [0, 0.05) is 26.2 Å². The Morgan fingerprint density at radius 3 is 2.47 bits per heavy atom. The average molecular weight is 525 g/mol. The number of carbonyl (C=O) groups is 1. The topological polar surface area (TPSA) is 119 Å². The molecule has 38 heavy (non-hydrogen) atoms. The second-order valence-electron chi connectivity index (χ2n) is 8.37. The number of benzene rings is 2. The van der Waals surface area contributed by atoms with E-state index in [0.29, 0.717) is 43.3 Å². The van der Waals surface area contributed by atoms with Gasteiger partial charge in [0.1, 0.15) is 6.61 Å². The van der Waals surface area contributed by atoms with Gasteiger partial charge in [-0.15, -0.1) is 0 Å². The average Bonchev–Trinajstić information content (AvgIpc) is 3.35. The molecule has 1 aliphatic heterocycles. The Labute approximate surface area is 216 Å². The predicted octanol–water partition coefficient (Wildman–Crippen LogP) is 3.32. The van der Waals surface area contributed by atoms with E-state index in [1.54, 1.807) is 24.3 Å². The number of amides is 1. The maximum atomic E-state index is 14.0. The number of alkyl carbamates (subject to hydrolysis) is 1. The number of hydrogen-bond acceptors (Lipinski definition) is 9. The lowest BCUT2D eigenvalue weighted by molar-refractivity contribution is 0.122. The number of hydrogen-bond donors (Lipinski definition) is 2. The minimum Gasteiger partial charge on any atom is -0.445 e. The van der Waals surface area contributed by atoms with E-state index in [9.17, 15) is 13.6 Å². The van der Waals surface area contributed by atoms with Crippen LogP contribution in [-0.4, -0.2) is 70.0 Å². The number of halogens is 2. The zero-order valence-corrected chi connectivity index (χ0v) is 20.4. The number of imidazole rings is 1. The summed E-state index contributed by atoms with van der Waals surface area (Å²) < 4.78 is 39.8. The zero-order chi connectivity index (χ0) is 26.3. The molecule has 13 heteroatoms. The van der Waals surface area contributed by atoms with Crippen LogP contribution in [0.15, 0.2) is 54.6 Å². The molecule has 5 rings (SSSR count). The second-order valence-corrected chi connectivity index (χ2v) is 8.37. The third kappa shape index (κ3) is 5.94. The van der Waals surface area contributed by atoms with Crippen LogP contribution < -0.4 is 15.5 Å². The van der Waals surface area contributed by atoms with Crippen molar-refractivity contribution in [3.8, 4) is 5.95 Å². The molecule has 0 unspecified atom stereocenters. The minimum atomic E-state index is -2.84. The number of para-hydroxylation sites is 2. The molecule has 1 aliphatic rings. The van der Waals surface area contributed by atoms with Gasteiger partial charge in [0.05, 0.1) is 24.2 Å². The number of anilines is 2. The standard InChI is InChI=1S/C25H26F2N8O3/c26-20(27)21-30-18-8-4-5-9-19(18)35(21)24-32-22(31-23(33-24)34-12-14-37-15-13-34)28-10-11-29-25(36)38-16-17-6-2-1-3-7-17/h1-9,20H,10-16H2,(H,29,36)(H,28,31,32,33). The molecule has 0 radical (unpaired) electrons. The summed E-state index contributed by atoms with van der Waals surface area (Å²) in [5, 5.41) is 5.70. The lowest BCUT2D eigenvalue weighted by Crippen LogP contribution is -2.38. The zero-order valence-electron chi connectivity index (χ0n) is 20.4. The molecule has 1 fully saturated rings. The van der Waals surface area contributed by atoms with E-state index in [4.69, 9.17) is 9.47 Å². The number of rotatable bonds is 9. The highest BCUT2D eigenvalue weighted by molar-refractivity contribution is 5.77. The number of carbonyl (C=O) groups excluding carboxylic acids is 1. The van der Waals surface area contributed by atoms with Crippen molar-refractivity contribution in [2.24, 2.45) is 0 Å². The summed E-state index contributed by atoms with van der Waals surface area (Å²) in [4.78, 5) is 31.4. The maximum Gasteiger partial charge on any atom is 0.407 e. The molecular weight excluding hydrogens is 498 g/mol. The Hall–Kier alpha value is -4.39. The highest BCUT2D eigenvalue weighted by atomic mass is 19.3. The summed E-state index contributed by atoms with van der Waals surface area (Å²) in [6.07, 6.45) is -3.40. The number of fused-ring (bicyclic) bond motifs is 1. The SMILES string of the molecule is O=C(NCCNc1nc(N2CCOCC2)nc(-n2c(C(F)F)nc3ccccc32)n1)OCc1ccccc1. The highest BCUT2D eigenvalue weighted by Gasteiger charge is 2.24. The third-order valence-electron chi connectivity index (χ3n) is 5.78. The van der Waals surface area contributed by atoms with Gasteiger partial charge in [-0.2, -0.15) is 15.0 Å². The van der Waals surface area contributed by atoms with E-state index >= 15 is 0 Å². The number of nitrogens with one attached hydrogen (secondary N) is 2. The first-order valence-corrected chi connectivity index (χ1v) is 12.1. The van der Waals surface area contributed by atoms with Crippen LogP contribution in [0.25, 0.3) is 17.0 Å². The summed E-state index contributed by atoms with van der Waals surface area (Å²) in [7, 11) is 0. The van der Waals surface area contributed by atoms with Gasteiger partial charge < -0.3 is 25.0 Å². The fourth-order valence-corrected chi connectivity index (χ4v) is 3.95. The number of alkyl halides is 2. The third-order valence-corrected chi connectivity index (χ3v) is 5.78. The van der Waals surface area contributed by atoms with Crippen LogP contribution in [0.2, 0.25) is 0 Å². The van der Waals surface area contributed by atoms with Crippen molar-refractivity contribution in [2.45, 2.75) is 13.0 Å². The van der Waals surface area contributed by atoms with E-state index in [-0.39, 0.29) is 31.6 Å². The van der Waals surface area contributed by atoms with Crippen LogP contribution in [-0.2, 0) is 16.1 Å². The Morgan fingerprint density at radius 1 is 0.947 bits per heavy atom. The highest BCUT2D eigenvalue weighted by Crippen LogP contribution is 2.27. The molecule has 2 N–H and O–H groups in total. The number of nitrogens with zero attached hydrogens (tertiary/aromatic N) is 6. The van der Waals surface area contributed by atoms with Crippen molar-refractivity contribution in [2.75, 3.05) is 49.6 Å². The molecule has 0 saturated carbocycles. The number of ether oxygens (including phenoxy) is 2. The molecule has 0 spiro atoms. The molecule has 1 amide bonds. The van der Waals surface area contributed by atoms with E-state index in [1.165, 1.54) is 4.57 Å². The lowest BCUT2D eigenvalue weighted by atomic mass is 10.2. The monoisotopic (exact) mass is 524 g/mol. The summed E-state index contributed by atoms with van der Waals surface area (Å²) in [5.74, 6) is 0.0605. The van der Waals surface area contributed by atoms with Crippen molar-refractivity contribution in [1.29, 1.82) is 0 Å². The van der Waals surface area contributed by atoms with Gasteiger partial charge in [0.25, 0.3) is 6.43 Å². The molecule has 11 nitrogen and oxygen atoms in total. The maximum absolute atomic E-state index is 14.0. The Bertz CT molecular complexity index is 1380. The summed E-state index contributed by atoms with van der Waals surface area (Å²) in [6, 6.07) is 16.2.